The number of hydrogen-bond donors (Lipinski definition) is 2. The van der Waals surface area contributed by atoms with Gasteiger partial charge in [-0.2, -0.15) is 5.26 Å². The van der Waals surface area contributed by atoms with Crippen molar-refractivity contribution in [2.75, 3.05) is 24.2 Å². The van der Waals surface area contributed by atoms with E-state index in [1.165, 1.54) is 37.7 Å². The zero-order chi connectivity index (χ0) is 20.5. The molecule has 1 fully saturated rings. The molecule has 0 heterocycles. The number of carbonyl (C=O) groups excluding carboxylic acids is 1. The smallest absolute Gasteiger partial charge is 0.243 e. The van der Waals surface area contributed by atoms with E-state index in [2.05, 4.69) is 40.8 Å². The minimum absolute atomic E-state index is 0.0894. The highest BCUT2D eigenvalue weighted by Crippen LogP contribution is 2.24. The van der Waals surface area contributed by atoms with Gasteiger partial charge in [0.25, 0.3) is 0 Å². The molecule has 5 nitrogen and oxygen atoms in total. The highest BCUT2D eigenvalue weighted by Gasteiger charge is 2.18. The maximum Gasteiger partial charge on any atom is 0.243 e. The van der Waals surface area contributed by atoms with Gasteiger partial charge >= 0.3 is 0 Å². The van der Waals surface area contributed by atoms with Crippen LogP contribution < -0.4 is 10.6 Å². The number of hydrogen-bond acceptors (Lipinski definition) is 4. The van der Waals surface area contributed by atoms with Crippen LogP contribution in [0.2, 0.25) is 0 Å². The molecule has 0 radical (unpaired) electrons. The maximum atomic E-state index is 12.3. The van der Waals surface area contributed by atoms with E-state index >= 15 is 0 Å². The number of amides is 1. The van der Waals surface area contributed by atoms with E-state index < -0.39 is 0 Å². The molecule has 0 aliphatic heterocycles. The fraction of sp³-hybridized carbons (Fsp3) is 0.417. The predicted octanol–water partition coefficient (Wildman–Crippen LogP) is 4.57. The fourth-order valence-electron chi connectivity index (χ4n) is 3.93. The van der Waals surface area contributed by atoms with Gasteiger partial charge in [-0.05, 0) is 49.2 Å². The Labute approximate surface area is 173 Å². The van der Waals surface area contributed by atoms with Gasteiger partial charge in [0.2, 0.25) is 5.91 Å². The number of para-hydroxylation sites is 1. The summed E-state index contributed by atoms with van der Waals surface area (Å²) in [6.45, 7) is 1.10. The van der Waals surface area contributed by atoms with Gasteiger partial charge in [-0.25, -0.2) is 0 Å². The molecule has 1 saturated carbocycles. The van der Waals surface area contributed by atoms with Crippen molar-refractivity contribution in [3.05, 3.63) is 59.7 Å². The molecule has 2 N–H and O–H groups in total. The first kappa shape index (κ1) is 20.9. The van der Waals surface area contributed by atoms with Crippen LogP contribution in [0.4, 0.5) is 11.4 Å². The molecule has 1 aliphatic rings. The molecule has 2 aromatic carbocycles. The molecule has 0 bridgehead atoms. The van der Waals surface area contributed by atoms with Crippen LogP contribution in [0.25, 0.3) is 0 Å². The lowest BCUT2D eigenvalue weighted by Gasteiger charge is -2.31. The third-order valence-corrected chi connectivity index (χ3v) is 5.60. The van der Waals surface area contributed by atoms with E-state index in [4.69, 9.17) is 5.26 Å². The van der Waals surface area contributed by atoms with Crippen molar-refractivity contribution in [3.8, 4) is 6.07 Å². The average Bonchev–Trinajstić information content (AvgIpc) is 2.75. The second kappa shape index (κ2) is 10.6. The molecule has 1 amide bonds. The summed E-state index contributed by atoms with van der Waals surface area (Å²) in [5, 5.41) is 14.9. The first-order valence-electron chi connectivity index (χ1n) is 10.4. The van der Waals surface area contributed by atoms with Crippen molar-refractivity contribution in [1.82, 2.24) is 4.90 Å². The standard InChI is InChI=1S/C24H30N4O/c1-28(22-8-3-2-4-9-22)18-20-7-5-6-10-23(20)26-17-24(29)27-21-13-11-19(12-14-21)15-16-25/h5-7,10-14,22,26H,2-4,8-9,15,17-18H2,1H3,(H,27,29). The van der Waals surface area contributed by atoms with Crippen molar-refractivity contribution in [2.45, 2.75) is 51.1 Å². The normalized spacial score (nSPS) is 14.4. The average molecular weight is 391 g/mol. The zero-order valence-electron chi connectivity index (χ0n) is 17.2. The summed E-state index contributed by atoms with van der Waals surface area (Å²) in [7, 11) is 2.20. The van der Waals surface area contributed by atoms with Crippen molar-refractivity contribution in [2.24, 2.45) is 0 Å². The van der Waals surface area contributed by atoms with E-state index in [0.717, 1.165) is 23.5 Å². The highest BCUT2D eigenvalue weighted by atomic mass is 16.1. The number of rotatable bonds is 8. The molecule has 1 aliphatic carbocycles. The molecule has 0 atom stereocenters. The summed E-state index contributed by atoms with van der Waals surface area (Å²) >= 11 is 0. The van der Waals surface area contributed by atoms with Crippen LogP contribution in [0.15, 0.2) is 48.5 Å². The van der Waals surface area contributed by atoms with E-state index in [1.54, 1.807) is 0 Å². The van der Waals surface area contributed by atoms with Gasteiger partial charge in [0.1, 0.15) is 0 Å². The van der Waals surface area contributed by atoms with E-state index in [0.29, 0.717) is 12.5 Å². The summed E-state index contributed by atoms with van der Waals surface area (Å²) in [5.41, 5.74) is 3.91. The van der Waals surface area contributed by atoms with Crippen LogP contribution >= 0.6 is 0 Å². The number of benzene rings is 2. The van der Waals surface area contributed by atoms with Crippen LogP contribution in [0, 0.1) is 11.3 Å². The Morgan fingerprint density at radius 1 is 1.10 bits per heavy atom. The van der Waals surface area contributed by atoms with Crippen LogP contribution in [0.3, 0.4) is 0 Å². The second-order valence-electron chi connectivity index (χ2n) is 7.80. The Hall–Kier alpha value is -2.84. The predicted molar refractivity (Wildman–Crippen MR) is 118 cm³/mol. The third-order valence-electron chi connectivity index (χ3n) is 5.60. The molecule has 0 spiro atoms. The maximum absolute atomic E-state index is 12.3. The molecule has 5 heteroatoms. The number of nitriles is 1. The monoisotopic (exact) mass is 390 g/mol. The quantitative estimate of drug-likeness (QED) is 0.693. The summed E-state index contributed by atoms with van der Waals surface area (Å²) in [6, 6.07) is 18.4. The molecule has 2 aromatic rings. The number of carbonyl (C=O) groups is 1. The van der Waals surface area contributed by atoms with Crippen LogP contribution in [-0.4, -0.2) is 30.4 Å². The van der Waals surface area contributed by atoms with Gasteiger partial charge in [0, 0.05) is 24.0 Å². The molecule has 3 rings (SSSR count). The molecule has 0 aromatic heterocycles. The summed E-state index contributed by atoms with van der Waals surface area (Å²) in [4.78, 5) is 14.8. The van der Waals surface area contributed by atoms with Crippen molar-refractivity contribution < 1.29 is 4.79 Å². The first-order chi connectivity index (χ1) is 14.2. The van der Waals surface area contributed by atoms with Crippen molar-refractivity contribution in [1.29, 1.82) is 5.26 Å². The Morgan fingerprint density at radius 3 is 2.55 bits per heavy atom. The zero-order valence-corrected chi connectivity index (χ0v) is 17.2. The minimum Gasteiger partial charge on any atom is -0.376 e. The highest BCUT2D eigenvalue weighted by molar-refractivity contribution is 5.93. The van der Waals surface area contributed by atoms with Crippen LogP contribution in [-0.2, 0) is 17.8 Å². The molecule has 0 unspecified atom stereocenters. The fourth-order valence-corrected chi connectivity index (χ4v) is 3.93. The van der Waals surface area contributed by atoms with Crippen molar-refractivity contribution in [3.63, 3.8) is 0 Å². The van der Waals surface area contributed by atoms with Crippen LogP contribution in [0.1, 0.15) is 43.2 Å². The summed E-state index contributed by atoms with van der Waals surface area (Å²) in [6.07, 6.45) is 6.95. The lowest BCUT2D eigenvalue weighted by atomic mass is 9.94. The molecular formula is C24H30N4O. The SMILES string of the molecule is CN(Cc1ccccc1NCC(=O)Nc1ccc(CC#N)cc1)C1CCCCC1. The molecule has 152 valence electrons. The minimum atomic E-state index is -0.0894. The second-order valence-corrected chi connectivity index (χ2v) is 7.80. The van der Waals surface area contributed by atoms with Gasteiger partial charge in [-0.1, -0.05) is 49.6 Å². The van der Waals surface area contributed by atoms with Gasteiger partial charge in [-0.15, -0.1) is 0 Å². The van der Waals surface area contributed by atoms with Gasteiger partial charge in [-0.3, -0.25) is 9.69 Å². The Balaban J connectivity index is 1.53. The molecular weight excluding hydrogens is 360 g/mol. The van der Waals surface area contributed by atoms with E-state index in [1.807, 2.05) is 36.4 Å². The topological polar surface area (TPSA) is 68.2 Å². The molecule has 29 heavy (non-hydrogen) atoms. The number of anilines is 2. The van der Waals surface area contributed by atoms with Gasteiger partial charge in [0.15, 0.2) is 0 Å². The molecule has 0 saturated heterocycles. The lowest BCUT2D eigenvalue weighted by molar-refractivity contribution is -0.114. The lowest BCUT2D eigenvalue weighted by Crippen LogP contribution is -2.33. The van der Waals surface area contributed by atoms with Crippen LogP contribution in [0.5, 0.6) is 0 Å². The van der Waals surface area contributed by atoms with E-state index in [-0.39, 0.29) is 12.5 Å². The third kappa shape index (κ3) is 6.33. The van der Waals surface area contributed by atoms with Crippen molar-refractivity contribution >= 4 is 17.3 Å². The Bertz CT molecular complexity index is 835. The van der Waals surface area contributed by atoms with Gasteiger partial charge in [0.05, 0.1) is 19.0 Å². The number of nitrogens with zero attached hydrogens (tertiary/aromatic N) is 2. The van der Waals surface area contributed by atoms with Gasteiger partial charge < -0.3 is 10.6 Å². The van der Waals surface area contributed by atoms with E-state index in [9.17, 15) is 4.79 Å². The summed E-state index contributed by atoms with van der Waals surface area (Å²) < 4.78 is 0. The largest absolute Gasteiger partial charge is 0.376 e. The number of nitrogens with one attached hydrogen (secondary N) is 2. The Morgan fingerprint density at radius 2 is 1.83 bits per heavy atom. The summed E-state index contributed by atoms with van der Waals surface area (Å²) in [5.74, 6) is -0.0894. The first-order valence-corrected chi connectivity index (χ1v) is 10.4. The Kier molecular flexibility index (Phi) is 7.66.